The van der Waals surface area contributed by atoms with Crippen LogP contribution < -0.4 is 5.32 Å². The number of amides is 1. The summed E-state index contributed by atoms with van der Waals surface area (Å²) in [5.41, 5.74) is 0.807. The van der Waals surface area contributed by atoms with Crippen LogP contribution in [0, 0.1) is 0 Å². The van der Waals surface area contributed by atoms with Gasteiger partial charge in [0.2, 0.25) is 5.91 Å². The van der Waals surface area contributed by atoms with Crippen LogP contribution in [0.1, 0.15) is 40.5 Å². The predicted molar refractivity (Wildman–Crippen MR) is 97.7 cm³/mol. The highest BCUT2D eigenvalue weighted by molar-refractivity contribution is 6.31. The maximum Gasteiger partial charge on any atom is 0.342 e. The largest absolute Gasteiger partial charge is 0.507 e. The first kappa shape index (κ1) is 19.5. The third kappa shape index (κ3) is 5.32. The van der Waals surface area contributed by atoms with Gasteiger partial charge in [0.25, 0.3) is 0 Å². The fourth-order valence-corrected chi connectivity index (χ4v) is 2.33. The molecule has 2 aromatic carbocycles. The van der Waals surface area contributed by atoms with E-state index in [9.17, 15) is 19.5 Å². The molecule has 0 heterocycles. The van der Waals surface area contributed by atoms with Crippen LogP contribution >= 0.6 is 11.6 Å². The van der Waals surface area contributed by atoms with Crippen molar-refractivity contribution in [2.75, 3.05) is 11.9 Å². The Balaban J connectivity index is 1.94. The zero-order valence-corrected chi connectivity index (χ0v) is 14.9. The van der Waals surface area contributed by atoms with E-state index in [4.69, 9.17) is 16.3 Å². The lowest BCUT2D eigenvalue weighted by Gasteiger charge is -2.08. The minimum absolute atomic E-state index is 0.0955. The number of aromatic hydroxyl groups is 1. The number of halogens is 1. The average Bonchev–Trinajstić information content (AvgIpc) is 2.62. The highest BCUT2D eigenvalue weighted by Gasteiger charge is 2.16. The zero-order chi connectivity index (χ0) is 19.1. The molecule has 0 atom stereocenters. The molecule has 0 saturated heterocycles. The van der Waals surface area contributed by atoms with Gasteiger partial charge in [-0.05, 0) is 48.9 Å². The maximum absolute atomic E-state index is 12.1. The van der Waals surface area contributed by atoms with Crippen molar-refractivity contribution in [3.63, 3.8) is 0 Å². The van der Waals surface area contributed by atoms with E-state index < -0.39 is 18.4 Å². The number of hydrogen-bond acceptors (Lipinski definition) is 5. The molecule has 0 fully saturated rings. The third-order valence-electron chi connectivity index (χ3n) is 3.48. The number of carbonyl (C=O) groups is 3. The highest BCUT2D eigenvalue weighted by Crippen LogP contribution is 2.22. The number of phenolic OH excluding ortho intramolecular Hbond substituents is 1. The highest BCUT2D eigenvalue weighted by atomic mass is 35.5. The summed E-state index contributed by atoms with van der Waals surface area (Å²) in [5.74, 6) is -1.63. The standard InChI is InChI=1S/C19H18ClNO5/c1-2-3-18(24)21-14-7-4-12(5-8-14)17(23)11-26-19(25)15-10-13(20)6-9-16(15)22/h4-10,22H,2-3,11H2,1H3,(H,21,24). The fraction of sp³-hybridized carbons (Fsp3) is 0.211. The second kappa shape index (κ2) is 9.01. The summed E-state index contributed by atoms with van der Waals surface area (Å²) < 4.78 is 4.93. The van der Waals surface area contributed by atoms with E-state index in [1.165, 1.54) is 30.3 Å². The van der Waals surface area contributed by atoms with Gasteiger partial charge in [-0.3, -0.25) is 9.59 Å². The summed E-state index contributed by atoms with van der Waals surface area (Å²) in [7, 11) is 0. The van der Waals surface area contributed by atoms with Crippen molar-refractivity contribution >= 4 is 34.9 Å². The molecule has 1 amide bonds. The number of hydrogen-bond donors (Lipinski definition) is 2. The Bertz CT molecular complexity index is 817. The molecule has 2 aromatic rings. The molecule has 0 aliphatic heterocycles. The second-order valence-corrected chi connectivity index (χ2v) is 5.97. The van der Waals surface area contributed by atoms with Gasteiger partial charge >= 0.3 is 5.97 Å². The van der Waals surface area contributed by atoms with Gasteiger partial charge in [-0.25, -0.2) is 4.79 Å². The number of carbonyl (C=O) groups excluding carboxylic acids is 3. The van der Waals surface area contributed by atoms with E-state index in [2.05, 4.69) is 5.32 Å². The Labute approximate surface area is 155 Å². The summed E-state index contributed by atoms with van der Waals surface area (Å²) in [5, 5.41) is 12.6. The van der Waals surface area contributed by atoms with Crippen LogP contribution in [0.2, 0.25) is 5.02 Å². The van der Waals surface area contributed by atoms with Gasteiger partial charge in [-0.2, -0.15) is 0 Å². The molecule has 0 aliphatic rings. The van der Waals surface area contributed by atoms with Crippen LogP contribution in [-0.4, -0.2) is 29.4 Å². The minimum atomic E-state index is -0.846. The van der Waals surface area contributed by atoms with Crippen molar-refractivity contribution in [3.8, 4) is 5.75 Å². The van der Waals surface area contributed by atoms with Gasteiger partial charge in [0, 0.05) is 22.7 Å². The first-order valence-corrected chi connectivity index (χ1v) is 8.37. The molecule has 0 unspecified atom stereocenters. The molecular weight excluding hydrogens is 358 g/mol. The van der Waals surface area contributed by atoms with Gasteiger partial charge < -0.3 is 15.2 Å². The minimum Gasteiger partial charge on any atom is -0.507 e. The molecule has 6 nitrogen and oxygen atoms in total. The lowest BCUT2D eigenvalue weighted by molar-refractivity contribution is -0.116. The summed E-state index contributed by atoms with van der Waals surface area (Å²) in [6.07, 6.45) is 1.17. The van der Waals surface area contributed by atoms with Gasteiger partial charge in [-0.15, -0.1) is 0 Å². The number of rotatable bonds is 7. The van der Waals surface area contributed by atoms with E-state index in [1.807, 2.05) is 6.92 Å². The molecule has 26 heavy (non-hydrogen) atoms. The zero-order valence-electron chi connectivity index (χ0n) is 14.1. The molecule has 0 aliphatic carbocycles. The molecule has 136 valence electrons. The molecule has 0 bridgehead atoms. The van der Waals surface area contributed by atoms with E-state index in [0.717, 1.165) is 6.42 Å². The van der Waals surface area contributed by atoms with Crippen molar-refractivity contribution in [1.29, 1.82) is 0 Å². The molecule has 0 saturated carbocycles. The first-order chi connectivity index (χ1) is 12.4. The summed E-state index contributed by atoms with van der Waals surface area (Å²) in [6, 6.07) is 10.2. The Morgan fingerprint density at radius 1 is 1.12 bits per heavy atom. The second-order valence-electron chi connectivity index (χ2n) is 5.54. The Morgan fingerprint density at radius 2 is 1.81 bits per heavy atom. The number of phenols is 1. The molecule has 2 rings (SSSR count). The average molecular weight is 376 g/mol. The Kier molecular flexibility index (Phi) is 6.74. The van der Waals surface area contributed by atoms with Crippen LogP contribution in [0.3, 0.4) is 0 Å². The normalized spacial score (nSPS) is 10.2. The number of nitrogens with one attached hydrogen (secondary N) is 1. The van der Waals surface area contributed by atoms with Crippen molar-refractivity contribution in [2.45, 2.75) is 19.8 Å². The molecular formula is C19H18ClNO5. The third-order valence-corrected chi connectivity index (χ3v) is 3.72. The van der Waals surface area contributed by atoms with Crippen LogP contribution in [0.4, 0.5) is 5.69 Å². The molecule has 0 spiro atoms. The smallest absolute Gasteiger partial charge is 0.342 e. The first-order valence-electron chi connectivity index (χ1n) is 7.99. The van der Waals surface area contributed by atoms with Crippen LogP contribution in [0.25, 0.3) is 0 Å². The topological polar surface area (TPSA) is 92.7 Å². The lowest BCUT2D eigenvalue weighted by atomic mass is 10.1. The number of Topliss-reactive ketones (excluding diaryl/α,β-unsaturated/α-hetero) is 1. The van der Waals surface area contributed by atoms with Crippen molar-refractivity contribution in [3.05, 3.63) is 58.6 Å². The van der Waals surface area contributed by atoms with E-state index >= 15 is 0 Å². The molecule has 0 radical (unpaired) electrons. The lowest BCUT2D eigenvalue weighted by Crippen LogP contribution is -2.15. The van der Waals surface area contributed by atoms with Gasteiger partial charge in [-0.1, -0.05) is 18.5 Å². The van der Waals surface area contributed by atoms with Crippen molar-refractivity contribution in [2.24, 2.45) is 0 Å². The van der Waals surface area contributed by atoms with Gasteiger partial charge in [0.05, 0.1) is 0 Å². The monoisotopic (exact) mass is 375 g/mol. The Morgan fingerprint density at radius 3 is 2.46 bits per heavy atom. The van der Waals surface area contributed by atoms with Crippen LogP contribution in [-0.2, 0) is 9.53 Å². The van der Waals surface area contributed by atoms with Crippen molar-refractivity contribution < 1.29 is 24.2 Å². The predicted octanol–water partition coefficient (Wildman–Crippen LogP) is 3.82. The van der Waals surface area contributed by atoms with E-state index in [-0.39, 0.29) is 22.2 Å². The number of esters is 1. The van der Waals surface area contributed by atoms with Crippen molar-refractivity contribution in [1.82, 2.24) is 0 Å². The van der Waals surface area contributed by atoms with Gasteiger partial charge in [0.15, 0.2) is 12.4 Å². The fourth-order valence-electron chi connectivity index (χ4n) is 2.15. The quantitative estimate of drug-likeness (QED) is 0.566. The number of anilines is 1. The SMILES string of the molecule is CCCC(=O)Nc1ccc(C(=O)COC(=O)c2cc(Cl)ccc2O)cc1. The van der Waals surface area contributed by atoms with Crippen LogP contribution in [0.5, 0.6) is 5.75 Å². The van der Waals surface area contributed by atoms with Crippen LogP contribution in [0.15, 0.2) is 42.5 Å². The van der Waals surface area contributed by atoms with Gasteiger partial charge in [0.1, 0.15) is 11.3 Å². The maximum atomic E-state index is 12.1. The molecule has 0 aromatic heterocycles. The molecule has 2 N–H and O–H groups in total. The number of ether oxygens (including phenoxy) is 1. The number of benzene rings is 2. The summed E-state index contributed by atoms with van der Waals surface area (Å²) >= 11 is 5.77. The molecule has 7 heteroatoms. The summed E-state index contributed by atoms with van der Waals surface area (Å²) in [4.78, 5) is 35.6. The Hall–Kier alpha value is -2.86. The van der Waals surface area contributed by atoms with E-state index in [1.54, 1.807) is 12.1 Å². The number of ketones is 1. The van der Waals surface area contributed by atoms with E-state index in [0.29, 0.717) is 17.7 Å². The summed E-state index contributed by atoms with van der Waals surface area (Å²) in [6.45, 7) is 1.43.